The van der Waals surface area contributed by atoms with Crippen molar-refractivity contribution in [1.29, 1.82) is 0 Å². The molecule has 0 aromatic rings. The fourth-order valence-electron chi connectivity index (χ4n) is 0.721. The van der Waals surface area contributed by atoms with Crippen molar-refractivity contribution in [3.8, 4) is 0 Å². The topological polar surface area (TPSA) is 55.4 Å². The van der Waals surface area contributed by atoms with Crippen LogP contribution >= 0.6 is 0 Å². The first-order chi connectivity index (χ1) is 6.52. The van der Waals surface area contributed by atoms with Crippen LogP contribution in [0.15, 0.2) is 12.2 Å². The number of rotatable bonds is 6. The quantitative estimate of drug-likeness (QED) is 0.505. The molecule has 0 fully saturated rings. The van der Waals surface area contributed by atoms with E-state index in [1.807, 2.05) is 13.8 Å². The van der Waals surface area contributed by atoms with Crippen LogP contribution in [0.5, 0.6) is 0 Å². The number of ether oxygens (including phenoxy) is 1. The van der Waals surface area contributed by atoms with Gasteiger partial charge in [0.2, 0.25) is 5.91 Å². The molecule has 4 heteroatoms. The van der Waals surface area contributed by atoms with Crippen molar-refractivity contribution in [3.63, 3.8) is 0 Å². The van der Waals surface area contributed by atoms with E-state index in [9.17, 15) is 9.59 Å². The maximum atomic E-state index is 11.0. The molecular formula is C10H17NO3. The summed E-state index contributed by atoms with van der Waals surface area (Å²) in [6.07, 6.45) is 2.62. The van der Waals surface area contributed by atoms with Crippen molar-refractivity contribution in [2.24, 2.45) is 0 Å². The molecule has 4 nitrogen and oxygen atoms in total. The minimum Gasteiger partial charge on any atom is -0.377 e. The fraction of sp³-hybridized carbons (Fsp3) is 0.600. The molecular weight excluding hydrogens is 182 g/mol. The number of amides is 1. The summed E-state index contributed by atoms with van der Waals surface area (Å²) in [7, 11) is 0. The predicted octanol–water partition coefficient (Wildman–Crippen LogP) is 0.673. The molecule has 0 atom stereocenters. The van der Waals surface area contributed by atoms with Gasteiger partial charge in [-0.1, -0.05) is 0 Å². The molecule has 0 rings (SSSR count). The molecule has 14 heavy (non-hydrogen) atoms. The van der Waals surface area contributed by atoms with Crippen molar-refractivity contribution in [2.75, 3.05) is 13.2 Å². The molecule has 0 unspecified atom stereocenters. The summed E-state index contributed by atoms with van der Waals surface area (Å²) in [5.41, 5.74) is 0. The van der Waals surface area contributed by atoms with Gasteiger partial charge in [-0.15, -0.1) is 0 Å². The van der Waals surface area contributed by atoms with E-state index in [1.165, 1.54) is 19.1 Å². The van der Waals surface area contributed by atoms with E-state index < -0.39 is 0 Å². The van der Waals surface area contributed by atoms with Crippen LogP contribution in [0.2, 0.25) is 0 Å². The van der Waals surface area contributed by atoms with Gasteiger partial charge in [0.15, 0.2) is 5.78 Å². The summed E-state index contributed by atoms with van der Waals surface area (Å²) in [5.74, 6) is -0.411. The maximum absolute atomic E-state index is 11.0. The third-order valence-electron chi connectivity index (χ3n) is 1.32. The number of carbonyl (C=O) groups is 2. The molecule has 1 N–H and O–H groups in total. The number of nitrogens with one attached hydrogen (secondary N) is 1. The summed E-state index contributed by atoms with van der Waals surface area (Å²) in [6, 6.07) is 0. The average molecular weight is 199 g/mol. The second-order valence-electron chi connectivity index (χ2n) is 3.15. The molecule has 0 aliphatic carbocycles. The Labute approximate surface area is 84.3 Å². The third-order valence-corrected chi connectivity index (χ3v) is 1.32. The molecule has 0 bridgehead atoms. The molecule has 0 radical (unpaired) electrons. The van der Waals surface area contributed by atoms with Gasteiger partial charge in [0.25, 0.3) is 0 Å². The van der Waals surface area contributed by atoms with Gasteiger partial charge in [-0.2, -0.15) is 0 Å². The zero-order valence-corrected chi connectivity index (χ0v) is 8.87. The lowest BCUT2D eigenvalue weighted by Crippen LogP contribution is -2.26. The number of ketones is 1. The highest BCUT2D eigenvalue weighted by Crippen LogP contribution is 1.85. The highest BCUT2D eigenvalue weighted by molar-refractivity contribution is 5.96. The number of allylic oxidation sites excluding steroid dienone is 1. The van der Waals surface area contributed by atoms with Crippen LogP contribution in [-0.2, 0) is 14.3 Å². The number of carbonyl (C=O) groups excluding carboxylic acids is 2. The first-order valence-electron chi connectivity index (χ1n) is 4.60. The van der Waals surface area contributed by atoms with Crippen molar-refractivity contribution in [2.45, 2.75) is 26.9 Å². The van der Waals surface area contributed by atoms with Crippen molar-refractivity contribution < 1.29 is 14.3 Å². The Bertz CT molecular complexity index is 221. The highest BCUT2D eigenvalue weighted by atomic mass is 16.5. The molecule has 0 aromatic heterocycles. The molecule has 0 aliphatic rings. The maximum Gasteiger partial charge on any atom is 0.244 e. The van der Waals surface area contributed by atoms with Gasteiger partial charge in [-0.25, -0.2) is 0 Å². The van der Waals surface area contributed by atoms with Crippen LogP contribution < -0.4 is 5.32 Å². The zero-order valence-electron chi connectivity index (χ0n) is 8.87. The second kappa shape index (κ2) is 7.26. The van der Waals surface area contributed by atoms with E-state index in [4.69, 9.17) is 4.74 Å². The van der Waals surface area contributed by atoms with Crippen molar-refractivity contribution >= 4 is 11.7 Å². The van der Waals surface area contributed by atoms with E-state index in [-0.39, 0.29) is 17.8 Å². The van der Waals surface area contributed by atoms with Crippen LogP contribution in [0.4, 0.5) is 0 Å². The van der Waals surface area contributed by atoms with Crippen molar-refractivity contribution in [3.05, 3.63) is 12.2 Å². The van der Waals surface area contributed by atoms with Gasteiger partial charge in [0.1, 0.15) is 0 Å². The number of hydrogen-bond acceptors (Lipinski definition) is 3. The minimum atomic E-state index is -0.271. The third kappa shape index (κ3) is 8.93. The number of hydrogen-bond donors (Lipinski definition) is 1. The van der Waals surface area contributed by atoms with Crippen LogP contribution in [-0.4, -0.2) is 30.9 Å². The molecule has 0 saturated carbocycles. The first-order valence-corrected chi connectivity index (χ1v) is 4.60. The largest absolute Gasteiger partial charge is 0.377 e. The summed E-state index contributed by atoms with van der Waals surface area (Å²) >= 11 is 0. The van der Waals surface area contributed by atoms with E-state index in [2.05, 4.69) is 5.32 Å². The Morgan fingerprint density at radius 3 is 2.50 bits per heavy atom. The Morgan fingerprint density at radius 1 is 1.36 bits per heavy atom. The standard InChI is InChI=1S/C10H17NO3/c1-8(2)14-7-6-11-10(13)5-4-9(3)12/h4-5,8H,6-7H2,1-3H3,(H,11,13)/b5-4+. The smallest absolute Gasteiger partial charge is 0.244 e. The summed E-state index contributed by atoms with van der Waals surface area (Å²) in [6.45, 7) is 6.19. The molecule has 80 valence electrons. The summed E-state index contributed by atoms with van der Waals surface area (Å²) in [5, 5.41) is 2.59. The Kier molecular flexibility index (Phi) is 6.66. The van der Waals surface area contributed by atoms with Gasteiger partial charge in [0.05, 0.1) is 12.7 Å². The molecule has 1 amide bonds. The Hall–Kier alpha value is -1.16. The van der Waals surface area contributed by atoms with Gasteiger partial charge < -0.3 is 10.1 Å². The van der Waals surface area contributed by atoms with Crippen LogP contribution in [0, 0.1) is 0 Å². The molecule has 0 aliphatic heterocycles. The summed E-state index contributed by atoms with van der Waals surface area (Å²) in [4.78, 5) is 21.5. The fourth-order valence-corrected chi connectivity index (χ4v) is 0.721. The Morgan fingerprint density at radius 2 is 2.00 bits per heavy atom. The average Bonchev–Trinajstić information content (AvgIpc) is 2.08. The Balaban J connectivity index is 3.50. The lowest BCUT2D eigenvalue weighted by Gasteiger charge is -2.06. The van der Waals surface area contributed by atoms with Gasteiger partial charge in [0, 0.05) is 12.6 Å². The summed E-state index contributed by atoms with van der Waals surface area (Å²) < 4.78 is 5.21. The highest BCUT2D eigenvalue weighted by Gasteiger charge is 1.96. The first kappa shape index (κ1) is 12.8. The van der Waals surface area contributed by atoms with E-state index in [0.717, 1.165) is 0 Å². The van der Waals surface area contributed by atoms with E-state index >= 15 is 0 Å². The minimum absolute atomic E-state index is 0.140. The van der Waals surface area contributed by atoms with Crippen LogP contribution in [0.1, 0.15) is 20.8 Å². The normalized spacial score (nSPS) is 10.9. The SMILES string of the molecule is CC(=O)/C=C/C(=O)NCCOC(C)C. The monoisotopic (exact) mass is 199 g/mol. The van der Waals surface area contributed by atoms with Gasteiger partial charge in [-0.3, -0.25) is 9.59 Å². The van der Waals surface area contributed by atoms with Crippen molar-refractivity contribution in [1.82, 2.24) is 5.32 Å². The molecule has 0 saturated heterocycles. The zero-order chi connectivity index (χ0) is 11.0. The van der Waals surface area contributed by atoms with E-state index in [0.29, 0.717) is 13.2 Å². The van der Waals surface area contributed by atoms with Crippen LogP contribution in [0.3, 0.4) is 0 Å². The lowest BCUT2D eigenvalue weighted by molar-refractivity contribution is -0.117. The van der Waals surface area contributed by atoms with Gasteiger partial charge >= 0.3 is 0 Å². The van der Waals surface area contributed by atoms with Gasteiger partial charge in [-0.05, 0) is 26.8 Å². The molecule has 0 heterocycles. The van der Waals surface area contributed by atoms with Crippen LogP contribution in [0.25, 0.3) is 0 Å². The predicted molar refractivity (Wildman–Crippen MR) is 53.9 cm³/mol. The van der Waals surface area contributed by atoms with E-state index in [1.54, 1.807) is 0 Å². The molecule has 0 spiro atoms. The second-order valence-corrected chi connectivity index (χ2v) is 3.15. The molecule has 0 aromatic carbocycles. The lowest BCUT2D eigenvalue weighted by atomic mass is 10.4.